The number of nitrogens with zero attached hydrogens (tertiary/aromatic N) is 1. The van der Waals surface area contributed by atoms with Crippen LogP contribution in [0.5, 0.6) is 0 Å². The quantitative estimate of drug-likeness (QED) is 0.809. The molecule has 1 aromatic rings. The van der Waals surface area contributed by atoms with Gasteiger partial charge in [0.1, 0.15) is 0 Å². The minimum atomic E-state index is -0.838. The van der Waals surface area contributed by atoms with Crippen molar-refractivity contribution in [1.82, 2.24) is 0 Å². The average molecular weight is 274 g/mol. The summed E-state index contributed by atoms with van der Waals surface area (Å²) in [5.74, 6) is -0.756. The standard InChI is InChI=1S/C15H18N2O3/c1-3-4-5-14(18)20-11(2)15(19)17-13-8-6-12(10-16)7-9-13/h6-9,11H,3-5H2,1-2H3,(H,17,19)/t11-/m1/s1. The van der Waals surface area contributed by atoms with Crippen molar-refractivity contribution in [3.05, 3.63) is 29.8 Å². The summed E-state index contributed by atoms with van der Waals surface area (Å²) in [4.78, 5) is 23.2. The second-order valence-corrected chi connectivity index (χ2v) is 4.41. The number of anilines is 1. The van der Waals surface area contributed by atoms with Crippen LogP contribution < -0.4 is 5.32 Å². The molecule has 1 N–H and O–H groups in total. The maximum atomic E-state index is 11.8. The molecule has 0 bridgehead atoms. The Morgan fingerprint density at radius 2 is 2.00 bits per heavy atom. The predicted octanol–water partition coefficient (Wildman–Crippen LogP) is 2.62. The molecule has 0 heterocycles. The van der Waals surface area contributed by atoms with Gasteiger partial charge in [-0.05, 0) is 37.6 Å². The van der Waals surface area contributed by atoms with Crippen LogP contribution in [-0.4, -0.2) is 18.0 Å². The molecule has 0 aliphatic carbocycles. The molecule has 5 heteroatoms. The lowest BCUT2D eigenvalue weighted by Crippen LogP contribution is -2.29. The van der Waals surface area contributed by atoms with E-state index in [1.165, 1.54) is 6.92 Å². The fourth-order valence-electron chi connectivity index (χ4n) is 1.50. The van der Waals surface area contributed by atoms with Crippen molar-refractivity contribution in [1.29, 1.82) is 5.26 Å². The van der Waals surface area contributed by atoms with Gasteiger partial charge >= 0.3 is 5.97 Å². The number of carbonyl (C=O) groups excluding carboxylic acids is 2. The molecule has 0 fully saturated rings. The van der Waals surface area contributed by atoms with Crippen LogP contribution in [0.1, 0.15) is 38.7 Å². The van der Waals surface area contributed by atoms with Gasteiger partial charge in [0.25, 0.3) is 5.91 Å². The highest BCUT2D eigenvalue weighted by Gasteiger charge is 2.17. The number of nitrogens with one attached hydrogen (secondary N) is 1. The Labute approximate surface area is 118 Å². The number of hydrogen-bond donors (Lipinski definition) is 1. The number of amides is 1. The van der Waals surface area contributed by atoms with E-state index in [0.29, 0.717) is 17.7 Å². The summed E-state index contributed by atoms with van der Waals surface area (Å²) >= 11 is 0. The first-order valence-corrected chi connectivity index (χ1v) is 6.57. The van der Waals surface area contributed by atoms with E-state index in [4.69, 9.17) is 10.00 Å². The molecule has 0 saturated carbocycles. The molecule has 0 aliphatic rings. The van der Waals surface area contributed by atoms with Crippen LogP contribution in [0.4, 0.5) is 5.69 Å². The van der Waals surface area contributed by atoms with Crippen molar-refractivity contribution < 1.29 is 14.3 Å². The third kappa shape index (κ3) is 5.11. The topological polar surface area (TPSA) is 79.2 Å². The molecule has 106 valence electrons. The fourth-order valence-corrected chi connectivity index (χ4v) is 1.50. The van der Waals surface area contributed by atoms with Crippen molar-refractivity contribution in [3.8, 4) is 6.07 Å². The highest BCUT2D eigenvalue weighted by Crippen LogP contribution is 2.10. The number of nitriles is 1. The molecular formula is C15H18N2O3. The molecule has 0 aromatic heterocycles. The number of unbranched alkanes of at least 4 members (excludes halogenated alkanes) is 1. The Morgan fingerprint density at radius 3 is 2.55 bits per heavy atom. The molecule has 0 unspecified atom stereocenters. The summed E-state index contributed by atoms with van der Waals surface area (Å²) in [7, 11) is 0. The zero-order valence-corrected chi connectivity index (χ0v) is 11.7. The molecule has 1 aromatic carbocycles. The van der Waals surface area contributed by atoms with E-state index in [9.17, 15) is 9.59 Å². The lowest BCUT2D eigenvalue weighted by atomic mass is 10.2. The number of benzene rings is 1. The van der Waals surface area contributed by atoms with Crippen molar-refractivity contribution in [3.63, 3.8) is 0 Å². The SMILES string of the molecule is CCCCC(=O)O[C@H](C)C(=O)Nc1ccc(C#N)cc1. The van der Waals surface area contributed by atoms with Crippen LogP contribution in [-0.2, 0) is 14.3 Å². The van der Waals surface area contributed by atoms with E-state index < -0.39 is 6.10 Å². The molecule has 20 heavy (non-hydrogen) atoms. The van der Waals surface area contributed by atoms with Gasteiger partial charge in [-0.15, -0.1) is 0 Å². The second-order valence-electron chi connectivity index (χ2n) is 4.41. The molecule has 1 atom stereocenters. The minimum absolute atomic E-state index is 0.324. The van der Waals surface area contributed by atoms with Crippen LogP contribution in [0.3, 0.4) is 0 Å². The van der Waals surface area contributed by atoms with Gasteiger partial charge < -0.3 is 10.1 Å². The van der Waals surface area contributed by atoms with E-state index in [1.54, 1.807) is 24.3 Å². The maximum Gasteiger partial charge on any atom is 0.306 e. The Morgan fingerprint density at radius 1 is 1.35 bits per heavy atom. The van der Waals surface area contributed by atoms with E-state index in [-0.39, 0.29) is 11.9 Å². The lowest BCUT2D eigenvalue weighted by molar-refractivity contribution is -0.153. The molecule has 1 rings (SSSR count). The predicted molar refractivity (Wildman–Crippen MR) is 74.9 cm³/mol. The van der Waals surface area contributed by atoms with Gasteiger partial charge in [0, 0.05) is 12.1 Å². The van der Waals surface area contributed by atoms with Gasteiger partial charge in [-0.1, -0.05) is 13.3 Å². The van der Waals surface area contributed by atoms with Gasteiger partial charge in [0.15, 0.2) is 6.10 Å². The minimum Gasteiger partial charge on any atom is -0.453 e. The summed E-state index contributed by atoms with van der Waals surface area (Å²) < 4.78 is 5.03. The van der Waals surface area contributed by atoms with Crippen molar-refractivity contribution in [2.45, 2.75) is 39.2 Å². The van der Waals surface area contributed by atoms with E-state index >= 15 is 0 Å². The monoisotopic (exact) mass is 274 g/mol. The largest absolute Gasteiger partial charge is 0.453 e. The van der Waals surface area contributed by atoms with Gasteiger partial charge in [0.05, 0.1) is 11.6 Å². The summed E-state index contributed by atoms with van der Waals surface area (Å²) in [5, 5.41) is 11.3. The fraction of sp³-hybridized carbons (Fsp3) is 0.400. The van der Waals surface area contributed by atoms with Gasteiger partial charge in [-0.3, -0.25) is 9.59 Å². The Balaban J connectivity index is 2.48. The average Bonchev–Trinajstić information content (AvgIpc) is 2.45. The van der Waals surface area contributed by atoms with E-state index in [1.807, 2.05) is 13.0 Å². The van der Waals surface area contributed by atoms with Crippen LogP contribution in [0, 0.1) is 11.3 Å². The van der Waals surface area contributed by atoms with E-state index in [2.05, 4.69) is 5.32 Å². The zero-order valence-electron chi connectivity index (χ0n) is 11.7. The van der Waals surface area contributed by atoms with Crippen molar-refractivity contribution >= 4 is 17.6 Å². The Bertz CT molecular complexity index is 503. The summed E-state index contributed by atoms with van der Waals surface area (Å²) in [6.45, 7) is 3.51. The Kier molecular flexibility index (Phi) is 6.24. The number of carbonyl (C=O) groups is 2. The van der Waals surface area contributed by atoms with Crippen LogP contribution in [0.15, 0.2) is 24.3 Å². The number of esters is 1. The molecule has 1 amide bonds. The zero-order chi connectivity index (χ0) is 15.0. The normalized spacial score (nSPS) is 11.2. The molecular weight excluding hydrogens is 256 g/mol. The first-order chi connectivity index (χ1) is 9.56. The number of ether oxygens (including phenoxy) is 1. The summed E-state index contributed by atoms with van der Waals surface area (Å²) in [6, 6.07) is 8.46. The molecule has 0 aliphatic heterocycles. The van der Waals surface area contributed by atoms with Crippen LogP contribution in [0.2, 0.25) is 0 Å². The second kappa shape index (κ2) is 7.95. The van der Waals surface area contributed by atoms with Gasteiger partial charge in [0.2, 0.25) is 0 Å². The third-order valence-corrected chi connectivity index (χ3v) is 2.69. The van der Waals surface area contributed by atoms with Gasteiger partial charge in [-0.25, -0.2) is 0 Å². The highest BCUT2D eigenvalue weighted by atomic mass is 16.5. The maximum absolute atomic E-state index is 11.8. The highest BCUT2D eigenvalue weighted by molar-refractivity contribution is 5.95. The summed E-state index contributed by atoms with van der Waals surface area (Å²) in [6.07, 6.45) is 1.14. The first-order valence-electron chi connectivity index (χ1n) is 6.57. The molecule has 0 spiro atoms. The number of hydrogen-bond acceptors (Lipinski definition) is 4. The lowest BCUT2D eigenvalue weighted by Gasteiger charge is -2.13. The van der Waals surface area contributed by atoms with Crippen molar-refractivity contribution in [2.24, 2.45) is 0 Å². The first kappa shape index (κ1) is 15.7. The number of rotatable bonds is 6. The summed E-state index contributed by atoms with van der Waals surface area (Å²) in [5.41, 5.74) is 1.08. The van der Waals surface area contributed by atoms with Crippen molar-refractivity contribution in [2.75, 3.05) is 5.32 Å². The third-order valence-electron chi connectivity index (χ3n) is 2.69. The van der Waals surface area contributed by atoms with Crippen LogP contribution in [0.25, 0.3) is 0 Å². The van der Waals surface area contributed by atoms with Gasteiger partial charge in [-0.2, -0.15) is 5.26 Å². The molecule has 0 radical (unpaired) electrons. The van der Waals surface area contributed by atoms with E-state index in [0.717, 1.165) is 12.8 Å². The molecule has 0 saturated heterocycles. The van der Waals surface area contributed by atoms with Crippen LogP contribution >= 0.6 is 0 Å². The smallest absolute Gasteiger partial charge is 0.306 e. The molecule has 5 nitrogen and oxygen atoms in total. The Hall–Kier alpha value is -2.35.